The summed E-state index contributed by atoms with van der Waals surface area (Å²) in [6.07, 6.45) is -0.165. The highest BCUT2D eigenvalue weighted by atomic mass is 19.1. The van der Waals surface area contributed by atoms with Crippen LogP contribution in [0.1, 0.15) is 39.4 Å². The standard InChI is InChI=1S/C19H33FN4O/c1-14(2)24(15(3)4)12-11-22-19(21-5)23-13-18(25-6)16-7-9-17(20)10-8-16/h7-10,14-15,18H,11-13H2,1-6H3,(H2,21,22,23). The van der Waals surface area contributed by atoms with E-state index in [9.17, 15) is 4.39 Å². The van der Waals surface area contributed by atoms with E-state index in [-0.39, 0.29) is 11.9 Å². The van der Waals surface area contributed by atoms with Crippen LogP contribution in [-0.2, 0) is 4.74 Å². The number of guanidine groups is 1. The van der Waals surface area contributed by atoms with Crippen molar-refractivity contribution in [1.29, 1.82) is 0 Å². The molecule has 1 rings (SSSR count). The van der Waals surface area contributed by atoms with Gasteiger partial charge in [0.1, 0.15) is 5.82 Å². The van der Waals surface area contributed by atoms with Crippen molar-refractivity contribution >= 4 is 5.96 Å². The first-order valence-corrected chi connectivity index (χ1v) is 8.87. The first-order chi connectivity index (χ1) is 11.9. The van der Waals surface area contributed by atoms with E-state index >= 15 is 0 Å². The maximum Gasteiger partial charge on any atom is 0.191 e. The van der Waals surface area contributed by atoms with Gasteiger partial charge in [-0.25, -0.2) is 4.39 Å². The number of halogens is 1. The summed E-state index contributed by atoms with van der Waals surface area (Å²) in [7, 11) is 3.40. The van der Waals surface area contributed by atoms with Crippen LogP contribution in [0.3, 0.4) is 0 Å². The van der Waals surface area contributed by atoms with Gasteiger partial charge in [-0.2, -0.15) is 0 Å². The third-order valence-corrected chi connectivity index (χ3v) is 4.19. The van der Waals surface area contributed by atoms with Crippen LogP contribution < -0.4 is 10.6 Å². The molecule has 0 spiro atoms. The Balaban J connectivity index is 2.48. The molecule has 0 saturated heterocycles. The summed E-state index contributed by atoms with van der Waals surface area (Å²) in [6.45, 7) is 11.1. The molecule has 2 N–H and O–H groups in total. The zero-order valence-electron chi connectivity index (χ0n) is 16.3. The van der Waals surface area contributed by atoms with Gasteiger partial charge >= 0.3 is 0 Å². The molecule has 5 nitrogen and oxygen atoms in total. The normalized spacial score (nSPS) is 13.6. The number of aliphatic imine (C=N–C) groups is 1. The van der Waals surface area contributed by atoms with Gasteiger partial charge in [0.15, 0.2) is 5.96 Å². The highest BCUT2D eigenvalue weighted by Crippen LogP contribution is 2.16. The highest BCUT2D eigenvalue weighted by Gasteiger charge is 2.14. The maximum atomic E-state index is 13.1. The van der Waals surface area contributed by atoms with Gasteiger partial charge in [-0.05, 0) is 45.4 Å². The Morgan fingerprint density at radius 1 is 1.12 bits per heavy atom. The van der Waals surface area contributed by atoms with Crippen LogP contribution in [0.4, 0.5) is 4.39 Å². The number of ether oxygens (including phenoxy) is 1. The molecule has 1 aromatic carbocycles. The average Bonchev–Trinajstić information content (AvgIpc) is 2.57. The second-order valence-corrected chi connectivity index (χ2v) is 6.58. The molecule has 1 atom stereocenters. The Hall–Kier alpha value is -1.66. The van der Waals surface area contributed by atoms with E-state index in [0.717, 1.165) is 24.6 Å². The zero-order chi connectivity index (χ0) is 18.8. The smallest absolute Gasteiger partial charge is 0.191 e. The van der Waals surface area contributed by atoms with Crippen molar-refractivity contribution in [3.63, 3.8) is 0 Å². The van der Waals surface area contributed by atoms with Gasteiger partial charge in [0.25, 0.3) is 0 Å². The van der Waals surface area contributed by atoms with Crippen LogP contribution in [0.2, 0.25) is 0 Å². The van der Waals surface area contributed by atoms with Crippen LogP contribution in [0.15, 0.2) is 29.3 Å². The molecule has 142 valence electrons. The van der Waals surface area contributed by atoms with Gasteiger partial charge in [-0.15, -0.1) is 0 Å². The summed E-state index contributed by atoms with van der Waals surface area (Å²) in [5, 5.41) is 6.60. The van der Waals surface area contributed by atoms with Crippen LogP contribution in [0.25, 0.3) is 0 Å². The van der Waals surface area contributed by atoms with Crippen LogP contribution in [0.5, 0.6) is 0 Å². The molecule has 0 radical (unpaired) electrons. The first-order valence-electron chi connectivity index (χ1n) is 8.87. The highest BCUT2D eigenvalue weighted by molar-refractivity contribution is 5.79. The van der Waals surface area contributed by atoms with E-state index in [1.165, 1.54) is 12.1 Å². The Morgan fingerprint density at radius 3 is 2.20 bits per heavy atom. The largest absolute Gasteiger partial charge is 0.375 e. The second-order valence-electron chi connectivity index (χ2n) is 6.58. The molecule has 0 aliphatic heterocycles. The lowest BCUT2D eigenvalue weighted by molar-refractivity contribution is 0.106. The number of rotatable bonds is 9. The summed E-state index contributed by atoms with van der Waals surface area (Å²) in [6, 6.07) is 7.39. The molecule has 0 fully saturated rings. The Bertz CT molecular complexity index is 509. The molecular weight excluding hydrogens is 319 g/mol. The second kappa shape index (κ2) is 11.1. The van der Waals surface area contributed by atoms with E-state index in [0.29, 0.717) is 18.6 Å². The molecule has 1 unspecified atom stereocenters. The molecule has 0 saturated carbocycles. The van der Waals surface area contributed by atoms with Crippen molar-refractivity contribution in [2.75, 3.05) is 33.8 Å². The summed E-state index contributed by atoms with van der Waals surface area (Å²) in [5.41, 5.74) is 0.928. The minimum absolute atomic E-state index is 0.165. The first kappa shape index (κ1) is 21.4. The van der Waals surface area contributed by atoms with Crippen molar-refractivity contribution in [1.82, 2.24) is 15.5 Å². The summed E-state index contributed by atoms with van der Waals surface area (Å²) >= 11 is 0. The number of hydrogen-bond donors (Lipinski definition) is 2. The van der Waals surface area contributed by atoms with Crippen molar-refractivity contribution < 1.29 is 9.13 Å². The quantitative estimate of drug-likeness (QED) is 0.530. The zero-order valence-corrected chi connectivity index (χ0v) is 16.3. The predicted octanol–water partition coefficient (Wildman–Crippen LogP) is 2.80. The van der Waals surface area contributed by atoms with Gasteiger partial charge < -0.3 is 15.4 Å². The van der Waals surface area contributed by atoms with Crippen molar-refractivity contribution in [3.05, 3.63) is 35.6 Å². The molecule has 1 aromatic rings. The predicted molar refractivity (Wildman–Crippen MR) is 102 cm³/mol. The van der Waals surface area contributed by atoms with E-state index in [4.69, 9.17) is 4.74 Å². The third kappa shape index (κ3) is 7.40. The Kier molecular flexibility index (Phi) is 9.45. The molecule has 0 heterocycles. The summed E-state index contributed by atoms with van der Waals surface area (Å²) in [5.74, 6) is 0.487. The van der Waals surface area contributed by atoms with E-state index in [1.54, 1.807) is 26.3 Å². The van der Waals surface area contributed by atoms with Gasteiger partial charge in [0, 0.05) is 45.9 Å². The SMILES string of the molecule is CN=C(NCCN(C(C)C)C(C)C)NCC(OC)c1ccc(F)cc1. The minimum atomic E-state index is -0.246. The molecule has 0 amide bonds. The minimum Gasteiger partial charge on any atom is -0.375 e. The fraction of sp³-hybridized carbons (Fsp3) is 0.632. The fourth-order valence-electron chi connectivity index (χ4n) is 2.84. The van der Waals surface area contributed by atoms with Crippen LogP contribution in [-0.4, -0.2) is 56.7 Å². The van der Waals surface area contributed by atoms with E-state index < -0.39 is 0 Å². The van der Waals surface area contributed by atoms with Crippen LogP contribution >= 0.6 is 0 Å². The van der Waals surface area contributed by atoms with E-state index in [1.807, 2.05) is 0 Å². The summed E-state index contributed by atoms with van der Waals surface area (Å²) < 4.78 is 18.6. The van der Waals surface area contributed by atoms with Crippen molar-refractivity contribution in [2.24, 2.45) is 4.99 Å². The molecule has 6 heteroatoms. The maximum absolute atomic E-state index is 13.1. The van der Waals surface area contributed by atoms with Gasteiger partial charge in [0.05, 0.1) is 6.10 Å². The number of nitrogens with one attached hydrogen (secondary N) is 2. The molecular formula is C19H33FN4O. The number of methoxy groups -OCH3 is 1. The van der Waals surface area contributed by atoms with E-state index in [2.05, 4.69) is 48.2 Å². The lowest BCUT2D eigenvalue weighted by Gasteiger charge is -2.30. The number of benzene rings is 1. The number of nitrogens with zero attached hydrogens (tertiary/aromatic N) is 2. The molecule has 25 heavy (non-hydrogen) atoms. The van der Waals surface area contributed by atoms with Gasteiger partial charge in [-0.3, -0.25) is 9.89 Å². The molecule has 0 aliphatic rings. The third-order valence-electron chi connectivity index (χ3n) is 4.19. The van der Waals surface area contributed by atoms with Crippen molar-refractivity contribution in [2.45, 2.75) is 45.9 Å². The molecule has 0 aromatic heterocycles. The lowest BCUT2D eigenvalue weighted by Crippen LogP contribution is -2.46. The Morgan fingerprint density at radius 2 is 1.72 bits per heavy atom. The topological polar surface area (TPSA) is 48.9 Å². The van der Waals surface area contributed by atoms with Gasteiger partial charge in [0.2, 0.25) is 0 Å². The average molecular weight is 352 g/mol. The van der Waals surface area contributed by atoms with Crippen molar-refractivity contribution in [3.8, 4) is 0 Å². The Labute approximate surface area is 151 Å². The monoisotopic (exact) mass is 352 g/mol. The van der Waals surface area contributed by atoms with Crippen LogP contribution in [0, 0.1) is 5.82 Å². The number of hydrogen-bond acceptors (Lipinski definition) is 3. The molecule has 0 bridgehead atoms. The summed E-state index contributed by atoms with van der Waals surface area (Å²) in [4.78, 5) is 6.68. The van der Waals surface area contributed by atoms with Gasteiger partial charge in [-0.1, -0.05) is 12.1 Å². The fourth-order valence-corrected chi connectivity index (χ4v) is 2.84. The molecule has 0 aliphatic carbocycles. The lowest BCUT2D eigenvalue weighted by atomic mass is 10.1.